The SMILES string of the molecule is CCOc1cc(NC(=NC)NCCCCN2CCOCC2)ccc1OC. The Bertz CT molecular complexity index is 560. The van der Waals surface area contributed by atoms with Crippen molar-refractivity contribution in [3.05, 3.63) is 18.2 Å². The molecule has 1 heterocycles. The van der Waals surface area contributed by atoms with E-state index in [-0.39, 0.29) is 0 Å². The normalized spacial score (nSPS) is 15.6. The lowest BCUT2D eigenvalue weighted by molar-refractivity contribution is 0.0372. The van der Waals surface area contributed by atoms with Crippen molar-refractivity contribution in [2.75, 3.05) is 65.5 Å². The Labute approximate surface area is 156 Å². The predicted octanol–water partition coefficient (Wildman–Crippen LogP) is 2.19. The van der Waals surface area contributed by atoms with Gasteiger partial charge in [-0.25, -0.2) is 0 Å². The highest BCUT2D eigenvalue weighted by atomic mass is 16.5. The molecular formula is C19H32N4O3. The largest absolute Gasteiger partial charge is 0.493 e. The van der Waals surface area contributed by atoms with Gasteiger partial charge in [0, 0.05) is 38.4 Å². The molecule has 2 N–H and O–H groups in total. The minimum atomic E-state index is 0.593. The number of unbranched alkanes of at least 4 members (excludes halogenated alkanes) is 1. The number of morpholine rings is 1. The number of aliphatic imine (C=N–C) groups is 1. The lowest BCUT2D eigenvalue weighted by Crippen LogP contribution is -2.37. The average molecular weight is 364 g/mol. The highest BCUT2D eigenvalue weighted by Gasteiger charge is 2.09. The highest BCUT2D eigenvalue weighted by molar-refractivity contribution is 5.93. The Balaban J connectivity index is 1.73. The molecule has 1 aliphatic heterocycles. The van der Waals surface area contributed by atoms with Gasteiger partial charge in [0.25, 0.3) is 0 Å². The van der Waals surface area contributed by atoms with E-state index < -0.39 is 0 Å². The first-order valence-electron chi connectivity index (χ1n) is 9.35. The molecule has 1 fully saturated rings. The summed E-state index contributed by atoms with van der Waals surface area (Å²) in [6.45, 7) is 8.39. The molecule has 1 saturated heterocycles. The first-order valence-corrected chi connectivity index (χ1v) is 9.35. The molecule has 0 amide bonds. The van der Waals surface area contributed by atoms with Gasteiger partial charge in [-0.1, -0.05) is 0 Å². The third-order valence-electron chi connectivity index (χ3n) is 4.25. The molecule has 0 saturated carbocycles. The summed E-state index contributed by atoms with van der Waals surface area (Å²) in [5, 5.41) is 6.65. The fourth-order valence-corrected chi connectivity index (χ4v) is 2.83. The fraction of sp³-hybridized carbons (Fsp3) is 0.632. The van der Waals surface area contributed by atoms with Gasteiger partial charge < -0.3 is 24.8 Å². The number of nitrogens with one attached hydrogen (secondary N) is 2. The number of methoxy groups -OCH3 is 1. The zero-order valence-electron chi connectivity index (χ0n) is 16.2. The quantitative estimate of drug-likeness (QED) is 0.398. The van der Waals surface area contributed by atoms with Crippen molar-refractivity contribution in [3.63, 3.8) is 0 Å². The number of guanidine groups is 1. The van der Waals surface area contributed by atoms with Gasteiger partial charge in [0.05, 0.1) is 26.9 Å². The highest BCUT2D eigenvalue weighted by Crippen LogP contribution is 2.30. The topological polar surface area (TPSA) is 67.4 Å². The van der Waals surface area contributed by atoms with Crippen LogP contribution in [0.5, 0.6) is 11.5 Å². The van der Waals surface area contributed by atoms with Gasteiger partial charge in [0.1, 0.15) is 0 Å². The second kappa shape index (κ2) is 11.6. The van der Waals surface area contributed by atoms with Crippen molar-refractivity contribution in [3.8, 4) is 11.5 Å². The second-order valence-corrected chi connectivity index (χ2v) is 6.08. The van der Waals surface area contributed by atoms with E-state index in [1.165, 1.54) is 6.42 Å². The molecule has 0 unspecified atom stereocenters. The van der Waals surface area contributed by atoms with E-state index in [4.69, 9.17) is 14.2 Å². The first-order chi connectivity index (χ1) is 12.8. The minimum absolute atomic E-state index is 0.593. The van der Waals surface area contributed by atoms with Crippen LogP contribution in [0.25, 0.3) is 0 Å². The summed E-state index contributed by atoms with van der Waals surface area (Å²) in [5.74, 6) is 2.20. The first kappa shape index (κ1) is 20.3. The van der Waals surface area contributed by atoms with E-state index in [0.29, 0.717) is 6.61 Å². The van der Waals surface area contributed by atoms with Gasteiger partial charge >= 0.3 is 0 Å². The number of anilines is 1. The summed E-state index contributed by atoms with van der Waals surface area (Å²) in [6, 6.07) is 5.77. The number of benzene rings is 1. The van der Waals surface area contributed by atoms with Crippen LogP contribution in [0.15, 0.2) is 23.2 Å². The van der Waals surface area contributed by atoms with Crippen LogP contribution in [0.3, 0.4) is 0 Å². The van der Waals surface area contributed by atoms with E-state index in [0.717, 1.165) is 69.0 Å². The molecular weight excluding hydrogens is 332 g/mol. The molecule has 26 heavy (non-hydrogen) atoms. The lowest BCUT2D eigenvalue weighted by Gasteiger charge is -2.26. The maximum absolute atomic E-state index is 5.62. The van der Waals surface area contributed by atoms with Crippen molar-refractivity contribution in [2.45, 2.75) is 19.8 Å². The fourth-order valence-electron chi connectivity index (χ4n) is 2.83. The van der Waals surface area contributed by atoms with E-state index in [1.54, 1.807) is 14.2 Å². The van der Waals surface area contributed by atoms with Crippen LogP contribution < -0.4 is 20.1 Å². The number of hydrogen-bond acceptors (Lipinski definition) is 5. The van der Waals surface area contributed by atoms with Crippen LogP contribution in [0.4, 0.5) is 5.69 Å². The van der Waals surface area contributed by atoms with Crippen LogP contribution >= 0.6 is 0 Å². The minimum Gasteiger partial charge on any atom is -0.493 e. The van der Waals surface area contributed by atoms with Crippen LogP contribution in [0.2, 0.25) is 0 Å². The molecule has 1 aromatic carbocycles. The summed E-state index contributed by atoms with van der Waals surface area (Å²) < 4.78 is 16.3. The third kappa shape index (κ3) is 6.72. The van der Waals surface area contributed by atoms with Crippen LogP contribution in [-0.4, -0.2) is 71.0 Å². The maximum Gasteiger partial charge on any atom is 0.195 e. The van der Waals surface area contributed by atoms with Crippen molar-refractivity contribution < 1.29 is 14.2 Å². The average Bonchev–Trinajstić information content (AvgIpc) is 2.68. The maximum atomic E-state index is 5.62. The van der Waals surface area contributed by atoms with E-state index >= 15 is 0 Å². The Morgan fingerprint density at radius 3 is 2.73 bits per heavy atom. The number of ether oxygens (including phenoxy) is 3. The molecule has 7 nitrogen and oxygen atoms in total. The van der Waals surface area contributed by atoms with Crippen LogP contribution in [-0.2, 0) is 4.74 Å². The van der Waals surface area contributed by atoms with Crippen LogP contribution in [0.1, 0.15) is 19.8 Å². The summed E-state index contributed by atoms with van der Waals surface area (Å²) >= 11 is 0. The molecule has 0 atom stereocenters. The number of nitrogens with zero attached hydrogens (tertiary/aromatic N) is 2. The zero-order chi connectivity index (χ0) is 18.6. The molecule has 7 heteroatoms. The Morgan fingerprint density at radius 2 is 2.04 bits per heavy atom. The monoisotopic (exact) mass is 364 g/mol. The summed E-state index contributed by atoms with van der Waals surface area (Å²) in [4.78, 5) is 6.75. The van der Waals surface area contributed by atoms with Crippen molar-refractivity contribution in [1.82, 2.24) is 10.2 Å². The molecule has 0 aromatic heterocycles. The standard InChI is InChI=1S/C19H32N4O3/c1-4-26-18-15-16(7-8-17(18)24-3)22-19(20-2)21-9-5-6-10-23-11-13-25-14-12-23/h7-8,15H,4-6,9-14H2,1-3H3,(H2,20,21,22). The smallest absolute Gasteiger partial charge is 0.195 e. The van der Waals surface area contributed by atoms with E-state index in [9.17, 15) is 0 Å². The summed E-state index contributed by atoms with van der Waals surface area (Å²) in [5.41, 5.74) is 0.913. The van der Waals surface area contributed by atoms with Gasteiger partial charge in [-0.05, 0) is 38.4 Å². The number of rotatable bonds is 9. The molecule has 0 radical (unpaired) electrons. The molecule has 0 aliphatic carbocycles. The third-order valence-corrected chi connectivity index (χ3v) is 4.25. The van der Waals surface area contributed by atoms with Crippen LogP contribution in [0, 0.1) is 0 Å². The lowest BCUT2D eigenvalue weighted by atomic mass is 10.2. The summed E-state index contributed by atoms with van der Waals surface area (Å²) in [6.07, 6.45) is 2.27. The van der Waals surface area contributed by atoms with Gasteiger partial charge in [0.2, 0.25) is 0 Å². The molecule has 0 spiro atoms. The Hall–Kier alpha value is -1.99. The Kier molecular flexibility index (Phi) is 9.06. The molecule has 1 aromatic rings. The molecule has 1 aliphatic rings. The van der Waals surface area contributed by atoms with Gasteiger partial charge in [-0.3, -0.25) is 9.89 Å². The van der Waals surface area contributed by atoms with Gasteiger partial charge in [0.15, 0.2) is 17.5 Å². The summed E-state index contributed by atoms with van der Waals surface area (Å²) in [7, 11) is 3.42. The second-order valence-electron chi connectivity index (χ2n) is 6.08. The molecule has 0 bridgehead atoms. The zero-order valence-corrected chi connectivity index (χ0v) is 16.2. The molecule has 146 valence electrons. The van der Waals surface area contributed by atoms with E-state index in [1.807, 2.05) is 25.1 Å². The van der Waals surface area contributed by atoms with E-state index in [2.05, 4.69) is 20.5 Å². The predicted molar refractivity (Wildman–Crippen MR) is 106 cm³/mol. The molecule has 2 rings (SSSR count). The van der Waals surface area contributed by atoms with Gasteiger partial charge in [-0.15, -0.1) is 0 Å². The van der Waals surface area contributed by atoms with Crippen molar-refractivity contribution >= 4 is 11.6 Å². The number of hydrogen-bond donors (Lipinski definition) is 2. The van der Waals surface area contributed by atoms with Crippen molar-refractivity contribution in [1.29, 1.82) is 0 Å². The van der Waals surface area contributed by atoms with Crippen molar-refractivity contribution in [2.24, 2.45) is 4.99 Å². The Morgan fingerprint density at radius 1 is 1.23 bits per heavy atom. The van der Waals surface area contributed by atoms with Gasteiger partial charge in [-0.2, -0.15) is 0 Å².